The summed E-state index contributed by atoms with van der Waals surface area (Å²) in [5.74, 6) is -0.179. The van der Waals surface area contributed by atoms with Crippen molar-refractivity contribution in [3.63, 3.8) is 0 Å². The van der Waals surface area contributed by atoms with Crippen LogP contribution in [0, 0.1) is 0 Å². The zero-order chi connectivity index (χ0) is 11.4. The van der Waals surface area contributed by atoms with Gasteiger partial charge in [0.05, 0.1) is 12.5 Å². The number of carbonyl (C=O) groups is 1. The summed E-state index contributed by atoms with van der Waals surface area (Å²) in [5, 5.41) is 16.1. The van der Waals surface area contributed by atoms with Crippen LogP contribution in [-0.4, -0.2) is 34.5 Å². The lowest BCUT2D eigenvalue weighted by Crippen LogP contribution is -2.15. The summed E-state index contributed by atoms with van der Waals surface area (Å²) in [5.41, 5.74) is 0. The molecule has 1 fully saturated rings. The molecule has 2 heterocycles. The second-order valence-electron chi connectivity index (χ2n) is 3.56. The van der Waals surface area contributed by atoms with Crippen LogP contribution >= 0.6 is 0 Å². The minimum absolute atomic E-state index is 0.133. The molecule has 16 heavy (non-hydrogen) atoms. The first kappa shape index (κ1) is 10.8. The molecule has 0 saturated carbocycles. The number of aromatic nitrogens is 2. The molecule has 0 bridgehead atoms. The smallest absolute Gasteiger partial charge is 0.328 e. The molecule has 1 atom stereocenters. The zero-order valence-electron chi connectivity index (χ0n) is 8.63. The maximum absolute atomic E-state index is 10.3. The van der Waals surface area contributed by atoms with E-state index in [1.54, 1.807) is 0 Å². The molecule has 1 aliphatic heterocycles. The number of hydrogen-bond donors (Lipinski definition) is 1. The third kappa shape index (κ3) is 2.66. The van der Waals surface area contributed by atoms with Gasteiger partial charge in [0, 0.05) is 18.8 Å². The molecule has 0 aliphatic carbocycles. The molecule has 1 saturated heterocycles. The molecule has 1 aliphatic rings. The van der Waals surface area contributed by atoms with Gasteiger partial charge in [0.15, 0.2) is 0 Å². The second kappa shape index (κ2) is 4.89. The number of carboxylic acids is 1. The van der Waals surface area contributed by atoms with Gasteiger partial charge in [0.1, 0.15) is 0 Å². The first-order valence-corrected chi connectivity index (χ1v) is 5.08. The number of hydrogen-bond acceptors (Lipinski definition) is 5. The Morgan fingerprint density at radius 1 is 1.50 bits per heavy atom. The molecule has 0 amide bonds. The van der Waals surface area contributed by atoms with Gasteiger partial charge in [-0.2, -0.15) is 0 Å². The normalized spacial score (nSPS) is 21.4. The van der Waals surface area contributed by atoms with E-state index in [4.69, 9.17) is 14.3 Å². The summed E-state index contributed by atoms with van der Waals surface area (Å²) in [7, 11) is 0. The average Bonchev–Trinajstić information content (AvgIpc) is 2.76. The van der Waals surface area contributed by atoms with Gasteiger partial charge in [-0.3, -0.25) is 0 Å². The van der Waals surface area contributed by atoms with Crippen molar-refractivity contribution < 1.29 is 19.1 Å². The summed E-state index contributed by atoms with van der Waals surface area (Å²) < 4.78 is 10.6. The fourth-order valence-corrected chi connectivity index (χ4v) is 1.56. The van der Waals surface area contributed by atoms with Crippen LogP contribution < -0.4 is 0 Å². The van der Waals surface area contributed by atoms with Crippen molar-refractivity contribution in [2.24, 2.45) is 0 Å². The lowest BCUT2D eigenvalue weighted by molar-refractivity contribution is -0.131. The Kier molecular flexibility index (Phi) is 3.31. The van der Waals surface area contributed by atoms with Gasteiger partial charge in [-0.1, -0.05) is 0 Å². The molecule has 1 aromatic heterocycles. The third-order valence-corrected chi connectivity index (χ3v) is 2.33. The Labute approximate surface area is 91.9 Å². The van der Waals surface area contributed by atoms with E-state index in [0.717, 1.165) is 25.5 Å². The molecule has 6 nitrogen and oxygen atoms in total. The molecule has 0 spiro atoms. The minimum Gasteiger partial charge on any atom is -0.478 e. The fraction of sp³-hybridized carbons (Fsp3) is 0.500. The van der Waals surface area contributed by atoms with Gasteiger partial charge < -0.3 is 14.3 Å². The third-order valence-electron chi connectivity index (χ3n) is 2.33. The largest absolute Gasteiger partial charge is 0.478 e. The van der Waals surface area contributed by atoms with Crippen LogP contribution in [0.3, 0.4) is 0 Å². The number of ether oxygens (including phenoxy) is 1. The first-order valence-electron chi connectivity index (χ1n) is 5.08. The molecule has 0 aromatic carbocycles. The van der Waals surface area contributed by atoms with E-state index in [1.807, 2.05) is 0 Å². The van der Waals surface area contributed by atoms with E-state index < -0.39 is 5.97 Å². The molecule has 0 radical (unpaired) electrons. The predicted octanol–water partition coefficient (Wildman–Crippen LogP) is 1.06. The van der Waals surface area contributed by atoms with Crippen molar-refractivity contribution >= 4 is 12.0 Å². The fourth-order valence-electron chi connectivity index (χ4n) is 1.56. The second-order valence-corrected chi connectivity index (χ2v) is 3.56. The standard InChI is InChI=1S/C10H12N2O4/c13-9(14)4-3-8-11-12-10(16-8)7-2-1-5-15-6-7/h3-4,7H,1-2,5-6H2,(H,13,14)/b4-3+. The highest BCUT2D eigenvalue weighted by Crippen LogP contribution is 2.24. The molecule has 86 valence electrons. The van der Waals surface area contributed by atoms with Crippen LogP contribution in [0.25, 0.3) is 6.08 Å². The highest BCUT2D eigenvalue weighted by Gasteiger charge is 2.21. The SMILES string of the molecule is O=C(O)/C=C/c1nnc(C2CCCOC2)o1. The van der Waals surface area contributed by atoms with Gasteiger partial charge in [-0.15, -0.1) is 10.2 Å². The summed E-state index contributed by atoms with van der Waals surface area (Å²) in [6.07, 6.45) is 4.19. The monoisotopic (exact) mass is 224 g/mol. The van der Waals surface area contributed by atoms with Gasteiger partial charge in [0.2, 0.25) is 11.8 Å². The average molecular weight is 224 g/mol. The van der Waals surface area contributed by atoms with Crippen LogP contribution in [0.1, 0.15) is 30.5 Å². The lowest BCUT2D eigenvalue weighted by atomic mass is 10.0. The maximum Gasteiger partial charge on any atom is 0.328 e. The minimum atomic E-state index is -1.04. The summed E-state index contributed by atoms with van der Waals surface area (Å²) in [6, 6.07) is 0. The van der Waals surface area contributed by atoms with E-state index in [-0.39, 0.29) is 11.8 Å². The number of nitrogens with zero attached hydrogens (tertiary/aromatic N) is 2. The zero-order valence-corrected chi connectivity index (χ0v) is 8.63. The van der Waals surface area contributed by atoms with Crippen LogP contribution in [0.15, 0.2) is 10.5 Å². The van der Waals surface area contributed by atoms with Gasteiger partial charge in [-0.05, 0) is 12.8 Å². The van der Waals surface area contributed by atoms with Gasteiger partial charge in [0.25, 0.3) is 0 Å². The topological polar surface area (TPSA) is 85.5 Å². The van der Waals surface area contributed by atoms with E-state index in [2.05, 4.69) is 10.2 Å². The molecule has 1 unspecified atom stereocenters. The predicted molar refractivity (Wildman–Crippen MR) is 53.8 cm³/mol. The van der Waals surface area contributed by atoms with E-state index in [0.29, 0.717) is 12.5 Å². The Morgan fingerprint density at radius 3 is 3.06 bits per heavy atom. The van der Waals surface area contributed by atoms with Crippen molar-refractivity contribution in [2.75, 3.05) is 13.2 Å². The van der Waals surface area contributed by atoms with Crippen molar-refractivity contribution in [3.05, 3.63) is 17.9 Å². The Balaban J connectivity index is 2.03. The quantitative estimate of drug-likeness (QED) is 0.772. The number of carboxylic acid groups (broad SMARTS) is 1. The van der Waals surface area contributed by atoms with E-state index in [1.165, 1.54) is 6.08 Å². The van der Waals surface area contributed by atoms with Crippen molar-refractivity contribution in [2.45, 2.75) is 18.8 Å². The Morgan fingerprint density at radius 2 is 2.38 bits per heavy atom. The van der Waals surface area contributed by atoms with E-state index in [9.17, 15) is 4.79 Å². The Bertz CT molecular complexity index is 393. The molecular formula is C10H12N2O4. The molecule has 2 rings (SSSR count). The first-order chi connectivity index (χ1) is 7.75. The van der Waals surface area contributed by atoms with Gasteiger partial charge in [-0.25, -0.2) is 4.79 Å². The lowest BCUT2D eigenvalue weighted by Gasteiger charge is -2.18. The molecule has 1 N–H and O–H groups in total. The summed E-state index contributed by atoms with van der Waals surface area (Å²) >= 11 is 0. The van der Waals surface area contributed by atoms with Crippen LogP contribution in [0.2, 0.25) is 0 Å². The van der Waals surface area contributed by atoms with Crippen molar-refractivity contribution in [1.29, 1.82) is 0 Å². The number of aliphatic carboxylic acids is 1. The van der Waals surface area contributed by atoms with Crippen LogP contribution in [0.5, 0.6) is 0 Å². The highest BCUT2D eigenvalue weighted by atomic mass is 16.5. The summed E-state index contributed by atoms with van der Waals surface area (Å²) in [4.78, 5) is 10.3. The summed E-state index contributed by atoms with van der Waals surface area (Å²) in [6.45, 7) is 1.36. The highest BCUT2D eigenvalue weighted by molar-refractivity contribution is 5.84. The molecule has 6 heteroatoms. The Hall–Kier alpha value is -1.69. The van der Waals surface area contributed by atoms with E-state index >= 15 is 0 Å². The maximum atomic E-state index is 10.3. The van der Waals surface area contributed by atoms with Crippen molar-refractivity contribution in [1.82, 2.24) is 10.2 Å². The van der Waals surface area contributed by atoms with Crippen LogP contribution in [-0.2, 0) is 9.53 Å². The molecule has 1 aromatic rings. The molecular weight excluding hydrogens is 212 g/mol. The van der Waals surface area contributed by atoms with Crippen LogP contribution in [0.4, 0.5) is 0 Å². The van der Waals surface area contributed by atoms with Crippen molar-refractivity contribution in [3.8, 4) is 0 Å². The number of rotatable bonds is 3. The van der Waals surface area contributed by atoms with Gasteiger partial charge >= 0.3 is 5.97 Å².